The zero-order valence-corrected chi connectivity index (χ0v) is 26.0. The van der Waals surface area contributed by atoms with Crippen LogP contribution in [-0.4, -0.2) is 61.3 Å². The third-order valence-electron chi connectivity index (χ3n) is 8.70. The summed E-state index contributed by atoms with van der Waals surface area (Å²) in [5.74, 6) is 1.50. The van der Waals surface area contributed by atoms with Crippen molar-refractivity contribution < 1.29 is 4.39 Å². The number of fused-ring (bicyclic) bond motifs is 1. The minimum absolute atomic E-state index is 0.241. The van der Waals surface area contributed by atoms with Crippen LogP contribution in [-0.2, 0) is 0 Å². The summed E-state index contributed by atoms with van der Waals surface area (Å²) in [6.45, 7) is 7.37. The molecule has 0 amide bonds. The molecular formula is C34H43ClFN5S. The average molecular weight is 608 g/mol. The monoisotopic (exact) mass is 607 g/mol. The summed E-state index contributed by atoms with van der Waals surface area (Å²) < 4.78 is 16.6. The zero-order valence-electron chi connectivity index (χ0n) is 24.4. The van der Waals surface area contributed by atoms with E-state index in [4.69, 9.17) is 22.3 Å². The molecule has 1 saturated carbocycles. The molecule has 5 rings (SSSR count). The Kier molecular flexibility index (Phi) is 10.9. The lowest BCUT2D eigenvalue weighted by molar-refractivity contribution is 0.464. The largest absolute Gasteiger partial charge is 0.369 e. The molecule has 1 aliphatic heterocycles. The van der Waals surface area contributed by atoms with E-state index in [0.717, 1.165) is 73.2 Å². The van der Waals surface area contributed by atoms with E-state index in [9.17, 15) is 0 Å². The van der Waals surface area contributed by atoms with Gasteiger partial charge in [-0.15, -0.1) is 0 Å². The number of hydrogen-bond donors (Lipinski definition) is 3. The Balaban J connectivity index is 1.36. The van der Waals surface area contributed by atoms with Gasteiger partial charge in [-0.2, -0.15) is 12.6 Å². The summed E-state index contributed by atoms with van der Waals surface area (Å²) in [4.78, 5) is 11.6. The third kappa shape index (κ3) is 7.54. The Hall–Kier alpha value is -2.45. The van der Waals surface area contributed by atoms with Crippen molar-refractivity contribution in [3.8, 4) is 0 Å². The van der Waals surface area contributed by atoms with Gasteiger partial charge in [0.2, 0.25) is 0 Å². The van der Waals surface area contributed by atoms with E-state index in [1.165, 1.54) is 19.4 Å². The van der Waals surface area contributed by atoms with E-state index in [0.29, 0.717) is 41.0 Å². The number of aliphatic imine (C=N–C) groups is 2. The molecule has 4 atom stereocenters. The number of nitrogens with zero attached hydrogens (tertiary/aromatic N) is 3. The molecule has 0 bridgehead atoms. The van der Waals surface area contributed by atoms with Gasteiger partial charge in [-0.05, 0) is 92.3 Å². The van der Waals surface area contributed by atoms with Crippen molar-refractivity contribution in [2.24, 2.45) is 21.6 Å². The Morgan fingerprint density at radius 1 is 1.12 bits per heavy atom. The van der Waals surface area contributed by atoms with Crippen LogP contribution in [0.15, 0.2) is 80.8 Å². The fourth-order valence-corrected chi connectivity index (χ4v) is 6.78. The third-order valence-corrected chi connectivity index (χ3v) is 9.32. The minimum atomic E-state index is -0.421. The second-order valence-electron chi connectivity index (χ2n) is 11.8. The molecule has 2 aromatic carbocycles. The number of hydrogen-bond acceptors (Lipinski definition) is 6. The predicted octanol–water partition coefficient (Wildman–Crippen LogP) is 7.29. The van der Waals surface area contributed by atoms with Gasteiger partial charge in [-0.3, -0.25) is 9.89 Å². The molecule has 5 nitrogen and oxygen atoms in total. The Bertz CT molecular complexity index is 1390. The van der Waals surface area contributed by atoms with Gasteiger partial charge in [0.25, 0.3) is 0 Å². The maximum atomic E-state index is 16.6. The minimum Gasteiger partial charge on any atom is -0.369 e. The molecule has 1 heterocycles. The summed E-state index contributed by atoms with van der Waals surface area (Å²) in [6, 6.07) is 14.8. The van der Waals surface area contributed by atoms with E-state index in [2.05, 4.69) is 34.6 Å². The second-order valence-corrected chi connectivity index (χ2v) is 12.6. The van der Waals surface area contributed by atoms with Gasteiger partial charge in [0, 0.05) is 42.9 Å². The van der Waals surface area contributed by atoms with E-state index in [-0.39, 0.29) is 11.8 Å². The van der Waals surface area contributed by atoms with Gasteiger partial charge < -0.3 is 11.1 Å². The maximum absolute atomic E-state index is 16.6. The van der Waals surface area contributed by atoms with Gasteiger partial charge in [0.15, 0.2) is 5.83 Å². The molecule has 2 aliphatic carbocycles. The first kappa shape index (κ1) is 31.0. The molecular weight excluding hydrogens is 565 g/mol. The lowest BCUT2D eigenvalue weighted by atomic mass is 9.90. The van der Waals surface area contributed by atoms with Crippen LogP contribution >= 0.6 is 24.2 Å². The molecule has 0 spiro atoms. The predicted molar refractivity (Wildman–Crippen MR) is 180 cm³/mol. The first-order valence-electron chi connectivity index (χ1n) is 15.4. The molecule has 0 radical (unpaired) electrons. The van der Waals surface area contributed by atoms with Crippen molar-refractivity contribution in [2.75, 3.05) is 31.9 Å². The van der Waals surface area contributed by atoms with Crippen molar-refractivity contribution in [3.05, 3.63) is 76.4 Å². The molecule has 224 valence electrons. The maximum Gasteiger partial charge on any atom is 0.158 e. The molecule has 4 unspecified atom stereocenters. The number of thiol groups is 1. The molecule has 0 aromatic heterocycles. The topological polar surface area (TPSA) is 65.8 Å². The highest BCUT2D eigenvalue weighted by molar-refractivity contribution is 7.80. The number of rotatable bonds is 14. The van der Waals surface area contributed by atoms with E-state index >= 15 is 4.39 Å². The Labute approximate surface area is 260 Å². The number of nitrogens with two attached hydrogens (primary N) is 1. The van der Waals surface area contributed by atoms with Gasteiger partial charge in [-0.1, -0.05) is 60.5 Å². The van der Waals surface area contributed by atoms with Gasteiger partial charge in [0.05, 0.1) is 5.03 Å². The summed E-state index contributed by atoms with van der Waals surface area (Å²) in [6.07, 6.45) is 10.4. The van der Waals surface area contributed by atoms with Crippen LogP contribution < -0.4 is 11.1 Å². The van der Waals surface area contributed by atoms with Crippen molar-refractivity contribution in [3.63, 3.8) is 0 Å². The fourth-order valence-electron chi connectivity index (χ4n) is 6.30. The molecule has 3 aliphatic rings. The van der Waals surface area contributed by atoms with E-state index < -0.39 is 5.83 Å². The second kappa shape index (κ2) is 14.8. The fraction of sp³-hybridized carbons (Fsp3) is 0.471. The Morgan fingerprint density at radius 3 is 2.74 bits per heavy atom. The number of benzene rings is 2. The summed E-state index contributed by atoms with van der Waals surface area (Å²) in [5, 5.41) is 5.72. The SMILES string of the molecule is C=N/C(NCC1CCC(N)C1)=C1/C=C(Cl)C(c2cccc3ccccc23)=C(F)/C1=N/CCCCCN1CC1CCCS. The normalized spacial score (nSPS) is 26.1. The molecule has 2 aromatic rings. The van der Waals surface area contributed by atoms with Crippen LogP contribution in [0.4, 0.5) is 4.39 Å². The smallest absolute Gasteiger partial charge is 0.158 e. The van der Waals surface area contributed by atoms with E-state index in [1.54, 1.807) is 6.08 Å². The van der Waals surface area contributed by atoms with Crippen molar-refractivity contribution in [1.29, 1.82) is 0 Å². The summed E-state index contributed by atoms with van der Waals surface area (Å²) >= 11 is 11.2. The lowest BCUT2D eigenvalue weighted by Gasteiger charge is -2.22. The van der Waals surface area contributed by atoms with Crippen molar-refractivity contribution in [1.82, 2.24) is 10.2 Å². The van der Waals surface area contributed by atoms with Crippen LogP contribution in [0.25, 0.3) is 16.3 Å². The Morgan fingerprint density at radius 2 is 1.95 bits per heavy atom. The molecule has 42 heavy (non-hydrogen) atoms. The number of unbranched alkanes of at least 4 members (excludes halogenated alkanes) is 2. The first-order valence-corrected chi connectivity index (χ1v) is 16.4. The van der Waals surface area contributed by atoms with Crippen LogP contribution in [0.3, 0.4) is 0 Å². The van der Waals surface area contributed by atoms with Crippen LogP contribution in [0.5, 0.6) is 0 Å². The molecule has 8 heteroatoms. The zero-order chi connectivity index (χ0) is 29.5. The highest BCUT2D eigenvalue weighted by Crippen LogP contribution is 2.40. The van der Waals surface area contributed by atoms with Gasteiger partial charge in [-0.25, -0.2) is 9.38 Å². The lowest BCUT2D eigenvalue weighted by Crippen LogP contribution is -2.25. The van der Waals surface area contributed by atoms with Crippen LogP contribution in [0, 0.1) is 5.92 Å². The summed E-state index contributed by atoms with van der Waals surface area (Å²) in [7, 11) is 0. The number of halogens is 2. The number of allylic oxidation sites excluding steroid dienone is 5. The quantitative estimate of drug-likeness (QED) is 0.0914. The highest BCUT2D eigenvalue weighted by Gasteiger charge is 2.32. The van der Waals surface area contributed by atoms with Gasteiger partial charge >= 0.3 is 0 Å². The van der Waals surface area contributed by atoms with Crippen LogP contribution in [0.1, 0.15) is 56.9 Å². The standard InChI is InChI=1S/C34H43ClFN5S/c1-38-34(40-21-23-14-15-25(37)19-23)29-20-30(35)31(28-13-7-10-24-9-3-4-12-27(24)28)32(36)33(29)39-16-5-2-6-17-41-22-26(41)11-8-18-42/h3-4,7,9-10,12-13,20,23,25-26,40,42H,1-2,5-6,8,11,14-19,21-22,37H2/b34-29+,39-33+. The first-order chi connectivity index (χ1) is 20.5. The van der Waals surface area contributed by atoms with Crippen LogP contribution in [0.2, 0.25) is 0 Å². The highest BCUT2D eigenvalue weighted by atomic mass is 35.5. The van der Waals surface area contributed by atoms with Crippen molar-refractivity contribution in [2.45, 2.75) is 63.5 Å². The van der Waals surface area contributed by atoms with E-state index in [1.807, 2.05) is 42.5 Å². The molecule has 1 saturated heterocycles. The van der Waals surface area contributed by atoms with Crippen molar-refractivity contribution >= 4 is 53.0 Å². The molecule has 3 N–H and O–H groups in total. The average Bonchev–Trinajstić information content (AvgIpc) is 3.62. The van der Waals surface area contributed by atoms with Gasteiger partial charge in [0.1, 0.15) is 11.5 Å². The summed E-state index contributed by atoms with van der Waals surface area (Å²) in [5.41, 5.74) is 8.09. The number of nitrogens with one attached hydrogen (secondary N) is 1. The molecule has 2 fully saturated rings.